The monoisotopic (exact) mass is 313 g/mol. The number of carboxylic acid groups (broad SMARTS) is 1. The molecular formula is C17H31NO4. The highest BCUT2D eigenvalue weighted by Gasteiger charge is 2.40. The van der Waals surface area contributed by atoms with Crippen LogP contribution in [0.3, 0.4) is 0 Å². The normalized spacial score (nSPS) is 15.0. The number of ketones is 1. The van der Waals surface area contributed by atoms with Gasteiger partial charge in [-0.3, -0.25) is 4.79 Å². The van der Waals surface area contributed by atoms with Crippen molar-refractivity contribution >= 4 is 11.8 Å². The summed E-state index contributed by atoms with van der Waals surface area (Å²) in [5, 5.41) is 21.3. The number of Topliss-reactive ketones (excluding diaryl/α,β-unsaturated/α-hetero) is 1. The van der Waals surface area contributed by atoms with Gasteiger partial charge in [0, 0.05) is 18.8 Å². The van der Waals surface area contributed by atoms with E-state index < -0.39 is 23.8 Å². The Kier molecular flexibility index (Phi) is 9.21. The molecule has 1 atom stereocenters. The third-order valence-electron chi connectivity index (χ3n) is 3.37. The van der Waals surface area contributed by atoms with E-state index in [1.165, 1.54) is 12.8 Å². The molecular weight excluding hydrogens is 282 g/mol. The largest absolute Gasteiger partial charge is 0.550 e. The molecule has 0 aromatic heterocycles. The lowest BCUT2D eigenvalue weighted by molar-refractivity contribution is -0.875. The van der Waals surface area contributed by atoms with Crippen molar-refractivity contribution in [2.75, 3.05) is 27.7 Å². The molecule has 0 radical (unpaired) electrons. The molecule has 0 saturated heterocycles. The molecule has 0 amide bonds. The van der Waals surface area contributed by atoms with E-state index in [1.54, 1.807) is 21.1 Å². The molecule has 0 aromatic carbocycles. The summed E-state index contributed by atoms with van der Waals surface area (Å²) in [6, 6.07) is 0. The van der Waals surface area contributed by atoms with Crippen LogP contribution in [0.1, 0.15) is 51.9 Å². The van der Waals surface area contributed by atoms with Crippen LogP contribution in [0.2, 0.25) is 0 Å². The Morgan fingerprint density at radius 2 is 1.73 bits per heavy atom. The SMILES string of the molecule is CCCCCC=CCCC(=O)C(O)(CC(=O)[O-])C[N+](C)(C)C. The van der Waals surface area contributed by atoms with Crippen LogP contribution in [0.25, 0.3) is 0 Å². The molecule has 5 nitrogen and oxygen atoms in total. The number of carbonyl (C=O) groups excluding carboxylic acids is 2. The summed E-state index contributed by atoms with van der Waals surface area (Å²) in [5.41, 5.74) is -1.85. The summed E-state index contributed by atoms with van der Waals surface area (Å²) in [6.07, 6.45) is 8.49. The highest BCUT2D eigenvalue weighted by atomic mass is 16.4. The van der Waals surface area contributed by atoms with Gasteiger partial charge in [0.25, 0.3) is 0 Å². The third kappa shape index (κ3) is 9.68. The van der Waals surface area contributed by atoms with Crippen molar-refractivity contribution in [2.24, 2.45) is 0 Å². The topological polar surface area (TPSA) is 77.4 Å². The highest BCUT2D eigenvalue weighted by Crippen LogP contribution is 2.18. The van der Waals surface area contributed by atoms with Crippen molar-refractivity contribution in [3.63, 3.8) is 0 Å². The average Bonchev–Trinajstić information content (AvgIpc) is 2.34. The quantitative estimate of drug-likeness (QED) is 0.332. The Morgan fingerprint density at radius 3 is 2.23 bits per heavy atom. The average molecular weight is 313 g/mol. The van der Waals surface area contributed by atoms with Gasteiger partial charge >= 0.3 is 0 Å². The zero-order valence-electron chi connectivity index (χ0n) is 14.4. The minimum atomic E-state index is -1.85. The van der Waals surface area contributed by atoms with E-state index in [1.807, 2.05) is 12.2 Å². The molecule has 0 spiro atoms. The van der Waals surface area contributed by atoms with Crippen LogP contribution in [0, 0.1) is 0 Å². The van der Waals surface area contributed by atoms with Crippen LogP contribution < -0.4 is 5.11 Å². The number of hydrogen-bond donors (Lipinski definition) is 1. The maximum absolute atomic E-state index is 12.2. The summed E-state index contributed by atoms with van der Waals surface area (Å²) < 4.78 is 0.308. The van der Waals surface area contributed by atoms with Crippen LogP contribution in [-0.4, -0.2) is 54.6 Å². The molecule has 0 aliphatic heterocycles. The van der Waals surface area contributed by atoms with Crippen molar-refractivity contribution in [1.82, 2.24) is 0 Å². The Hall–Kier alpha value is -1.20. The lowest BCUT2D eigenvalue weighted by Crippen LogP contribution is -2.56. The molecule has 0 rings (SSSR count). The Morgan fingerprint density at radius 1 is 1.14 bits per heavy atom. The molecule has 0 heterocycles. The molecule has 0 aromatic rings. The van der Waals surface area contributed by atoms with Crippen LogP contribution in [-0.2, 0) is 9.59 Å². The molecule has 5 heteroatoms. The van der Waals surface area contributed by atoms with Crippen molar-refractivity contribution in [3.8, 4) is 0 Å². The molecule has 0 aliphatic rings. The van der Waals surface area contributed by atoms with E-state index in [0.29, 0.717) is 10.9 Å². The Balaban J connectivity index is 4.49. The van der Waals surface area contributed by atoms with E-state index in [0.717, 1.165) is 12.8 Å². The second kappa shape index (κ2) is 9.74. The summed E-state index contributed by atoms with van der Waals surface area (Å²) in [4.78, 5) is 23.1. The first-order valence-corrected chi connectivity index (χ1v) is 8.01. The molecule has 1 N–H and O–H groups in total. The second-order valence-corrected chi connectivity index (χ2v) is 6.96. The van der Waals surface area contributed by atoms with Gasteiger partial charge in [0.05, 0.1) is 21.1 Å². The number of carboxylic acids is 1. The van der Waals surface area contributed by atoms with Gasteiger partial charge < -0.3 is 19.5 Å². The van der Waals surface area contributed by atoms with Crippen LogP contribution in [0.4, 0.5) is 0 Å². The second-order valence-electron chi connectivity index (χ2n) is 6.96. The smallest absolute Gasteiger partial charge is 0.177 e. The van der Waals surface area contributed by atoms with Gasteiger partial charge in [0.2, 0.25) is 0 Å². The lowest BCUT2D eigenvalue weighted by atomic mass is 9.90. The van der Waals surface area contributed by atoms with E-state index in [9.17, 15) is 19.8 Å². The van der Waals surface area contributed by atoms with E-state index >= 15 is 0 Å². The molecule has 0 fully saturated rings. The number of hydrogen-bond acceptors (Lipinski definition) is 4. The van der Waals surface area contributed by atoms with Crippen LogP contribution in [0.5, 0.6) is 0 Å². The maximum Gasteiger partial charge on any atom is 0.177 e. The summed E-state index contributed by atoms with van der Waals surface area (Å²) >= 11 is 0. The Labute approximate surface area is 134 Å². The number of aliphatic carboxylic acids is 1. The fraction of sp³-hybridized carbons (Fsp3) is 0.765. The van der Waals surface area contributed by atoms with E-state index in [4.69, 9.17) is 0 Å². The van der Waals surface area contributed by atoms with Crippen molar-refractivity contribution in [1.29, 1.82) is 0 Å². The van der Waals surface area contributed by atoms with E-state index in [2.05, 4.69) is 6.92 Å². The van der Waals surface area contributed by atoms with Gasteiger partial charge in [-0.25, -0.2) is 0 Å². The fourth-order valence-electron chi connectivity index (χ4n) is 2.46. The van der Waals surface area contributed by atoms with Gasteiger partial charge in [0.1, 0.15) is 6.54 Å². The molecule has 0 bridgehead atoms. The van der Waals surface area contributed by atoms with Crippen LogP contribution in [0.15, 0.2) is 12.2 Å². The molecule has 22 heavy (non-hydrogen) atoms. The zero-order valence-corrected chi connectivity index (χ0v) is 14.4. The number of aliphatic hydroxyl groups is 1. The standard InChI is InChI=1S/C17H31NO4/c1-5-6-7-8-9-10-11-12-15(19)17(22,13-16(20)21)14-18(2,3)4/h9-10,22H,5-8,11-14H2,1-4H3. The molecule has 128 valence electrons. The van der Waals surface area contributed by atoms with Crippen molar-refractivity contribution in [2.45, 2.75) is 57.5 Å². The number of likely N-dealkylation sites (N-methyl/N-ethyl adjacent to an activating group) is 1. The highest BCUT2D eigenvalue weighted by molar-refractivity contribution is 5.90. The first kappa shape index (κ1) is 20.8. The lowest BCUT2D eigenvalue weighted by Gasteiger charge is -2.34. The first-order valence-electron chi connectivity index (χ1n) is 8.01. The first-order chi connectivity index (χ1) is 10.1. The summed E-state index contributed by atoms with van der Waals surface area (Å²) in [7, 11) is 5.42. The van der Waals surface area contributed by atoms with E-state index in [-0.39, 0.29) is 13.0 Å². The summed E-state index contributed by atoms with van der Waals surface area (Å²) in [5.74, 6) is -1.83. The fourth-order valence-corrected chi connectivity index (χ4v) is 2.46. The van der Waals surface area contributed by atoms with Gasteiger partial charge in [-0.2, -0.15) is 0 Å². The summed E-state index contributed by atoms with van der Waals surface area (Å²) in [6.45, 7) is 2.20. The van der Waals surface area contributed by atoms with Gasteiger partial charge in [-0.15, -0.1) is 0 Å². The number of nitrogens with zero attached hydrogens (tertiary/aromatic N) is 1. The number of rotatable bonds is 12. The Bertz CT molecular complexity index is 385. The third-order valence-corrected chi connectivity index (χ3v) is 3.37. The molecule has 1 unspecified atom stereocenters. The van der Waals surface area contributed by atoms with Crippen molar-refractivity contribution < 1.29 is 24.3 Å². The minimum Gasteiger partial charge on any atom is -0.550 e. The molecule has 0 saturated carbocycles. The van der Waals surface area contributed by atoms with Gasteiger partial charge in [-0.05, 0) is 19.3 Å². The van der Waals surface area contributed by atoms with Gasteiger partial charge in [-0.1, -0.05) is 31.9 Å². The minimum absolute atomic E-state index is 0.0556. The number of allylic oxidation sites excluding steroid dienone is 2. The molecule has 0 aliphatic carbocycles. The zero-order chi connectivity index (χ0) is 17.2. The predicted octanol–water partition coefficient (Wildman–Crippen LogP) is 1.05. The van der Waals surface area contributed by atoms with Gasteiger partial charge in [0.15, 0.2) is 11.4 Å². The number of unbranched alkanes of at least 4 members (excludes halogenated alkanes) is 3. The number of carbonyl (C=O) groups is 2. The number of quaternary nitrogens is 1. The predicted molar refractivity (Wildman–Crippen MR) is 85.0 cm³/mol. The van der Waals surface area contributed by atoms with Crippen molar-refractivity contribution in [3.05, 3.63) is 12.2 Å². The maximum atomic E-state index is 12.2. The van der Waals surface area contributed by atoms with Crippen LogP contribution >= 0.6 is 0 Å².